The van der Waals surface area contributed by atoms with Crippen molar-refractivity contribution in [1.82, 2.24) is 34.6 Å². The maximum atomic E-state index is 13.7. The predicted octanol–water partition coefficient (Wildman–Crippen LogP) is 4.84. The van der Waals surface area contributed by atoms with Crippen LogP contribution in [0.3, 0.4) is 0 Å². The third-order valence-electron chi connectivity index (χ3n) is 5.37. The molecule has 0 aliphatic heterocycles. The molecule has 0 spiro atoms. The molecule has 0 radical (unpaired) electrons. The topological polar surface area (TPSA) is 107 Å². The zero-order chi connectivity index (χ0) is 24.5. The number of alkyl halides is 2. The van der Waals surface area contributed by atoms with Crippen LogP contribution in [0.4, 0.5) is 8.78 Å². The Morgan fingerprint density at radius 3 is 2.69 bits per heavy atom. The molecule has 0 bridgehead atoms. The van der Waals surface area contributed by atoms with Crippen molar-refractivity contribution >= 4 is 5.52 Å². The van der Waals surface area contributed by atoms with Gasteiger partial charge in [0.1, 0.15) is 17.5 Å². The highest BCUT2D eigenvalue weighted by Gasteiger charge is 2.21. The Hall–Kier alpha value is -4.72. The van der Waals surface area contributed by atoms with Crippen molar-refractivity contribution in [3.63, 3.8) is 0 Å². The van der Waals surface area contributed by atoms with Crippen molar-refractivity contribution in [2.45, 2.75) is 26.7 Å². The molecule has 0 aliphatic rings. The van der Waals surface area contributed by atoms with E-state index in [1.54, 1.807) is 35.1 Å². The van der Waals surface area contributed by atoms with E-state index in [1.165, 1.54) is 0 Å². The number of rotatable bonds is 6. The minimum Gasteiger partial charge on any atom is -0.436 e. The number of hydrogen-bond donors (Lipinski definition) is 0. The number of halogens is 2. The number of aromatic nitrogens is 7. The minimum absolute atomic E-state index is 0.101. The second-order valence-electron chi connectivity index (χ2n) is 7.68. The van der Waals surface area contributed by atoms with Crippen LogP contribution in [0.2, 0.25) is 0 Å². The van der Waals surface area contributed by atoms with E-state index in [9.17, 15) is 8.78 Å². The third-order valence-corrected chi connectivity index (χ3v) is 5.37. The summed E-state index contributed by atoms with van der Waals surface area (Å²) in [5.74, 6) is 1.12. The molecule has 0 aliphatic carbocycles. The van der Waals surface area contributed by atoms with Gasteiger partial charge in [0.05, 0.1) is 29.3 Å². The van der Waals surface area contributed by atoms with E-state index in [0.29, 0.717) is 29.3 Å². The molecule has 0 N–H and O–H groups in total. The fourth-order valence-electron chi connectivity index (χ4n) is 3.65. The summed E-state index contributed by atoms with van der Waals surface area (Å²) in [6, 6.07) is 13.6. The normalized spacial score (nSPS) is 11.2. The molecule has 174 valence electrons. The van der Waals surface area contributed by atoms with E-state index >= 15 is 0 Å². The first-order valence-electron chi connectivity index (χ1n) is 10.7. The van der Waals surface area contributed by atoms with Gasteiger partial charge >= 0.3 is 0 Å². The van der Waals surface area contributed by atoms with Gasteiger partial charge in [0.25, 0.3) is 6.43 Å². The van der Waals surface area contributed by atoms with Crippen LogP contribution in [0, 0.1) is 18.3 Å². The van der Waals surface area contributed by atoms with Crippen LogP contribution in [0.1, 0.15) is 36.0 Å². The third kappa shape index (κ3) is 4.17. The standard InChI is InChI=1S/C24H18F2N8O/c1-3-15-5-7-19(29-24(15)34-21(23(25)26)10-16(11-27)32-34)18-12-28-33-13-17(6-8-20(18)33)35-22-9-4-14(2)30-31-22/h4-10,12-13,23H,3H2,1-2H3. The lowest BCUT2D eigenvalue weighted by atomic mass is 10.1. The average molecular weight is 472 g/mol. The minimum atomic E-state index is -2.81. The van der Waals surface area contributed by atoms with Crippen LogP contribution in [-0.2, 0) is 6.42 Å². The van der Waals surface area contributed by atoms with Crippen LogP contribution < -0.4 is 4.74 Å². The lowest BCUT2D eigenvalue weighted by Crippen LogP contribution is -2.09. The Labute approximate surface area is 198 Å². The summed E-state index contributed by atoms with van der Waals surface area (Å²) in [5.41, 5.74) is 2.97. The first-order chi connectivity index (χ1) is 17.0. The van der Waals surface area contributed by atoms with Gasteiger partial charge in [-0.05, 0) is 43.2 Å². The molecule has 0 fully saturated rings. The van der Waals surface area contributed by atoms with E-state index in [-0.39, 0.29) is 17.2 Å². The van der Waals surface area contributed by atoms with Gasteiger partial charge in [-0.2, -0.15) is 20.6 Å². The van der Waals surface area contributed by atoms with Gasteiger partial charge in [-0.3, -0.25) is 0 Å². The fraction of sp³-hybridized carbons (Fsp3) is 0.167. The molecule has 5 aromatic heterocycles. The SMILES string of the molecule is CCc1ccc(-c2cnn3cc(Oc4ccc(C)nn4)ccc23)nc1-n1nc(C#N)cc1C(F)F. The van der Waals surface area contributed by atoms with E-state index in [4.69, 9.17) is 10.00 Å². The molecule has 35 heavy (non-hydrogen) atoms. The van der Waals surface area contributed by atoms with Gasteiger partial charge in [0, 0.05) is 17.7 Å². The summed E-state index contributed by atoms with van der Waals surface area (Å²) in [4.78, 5) is 4.65. The van der Waals surface area contributed by atoms with Gasteiger partial charge in [-0.1, -0.05) is 13.0 Å². The van der Waals surface area contributed by atoms with Crippen molar-refractivity contribution in [2.24, 2.45) is 0 Å². The highest BCUT2D eigenvalue weighted by molar-refractivity contribution is 5.78. The zero-order valence-electron chi connectivity index (χ0n) is 18.7. The Morgan fingerprint density at radius 1 is 1.11 bits per heavy atom. The number of fused-ring (bicyclic) bond motifs is 1. The van der Waals surface area contributed by atoms with Gasteiger partial charge in [-0.25, -0.2) is 23.0 Å². The van der Waals surface area contributed by atoms with Gasteiger partial charge in [0.15, 0.2) is 11.5 Å². The summed E-state index contributed by atoms with van der Waals surface area (Å²) in [6.45, 7) is 3.73. The molecule has 0 saturated heterocycles. The van der Waals surface area contributed by atoms with Crippen LogP contribution >= 0.6 is 0 Å². The van der Waals surface area contributed by atoms with E-state index in [0.717, 1.165) is 27.5 Å². The smallest absolute Gasteiger partial charge is 0.280 e. The lowest BCUT2D eigenvalue weighted by Gasteiger charge is -2.12. The molecule has 0 saturated carbocycles. The van der Waals surface area contributed by atoms with Crippen LogP contribution in [-0.4, -0.2) is 34.6 Å². The molecular weight excluding hydrogens is 454 g/mol. The first kappa shape index (κ1) is 22.1. The van der Waals surface area contributed by atoms with E-state index in [2.05, 4.69) is 25.4 Å². The number of hydrogen-bond acceptors (Lipinski definition) is 7. The Bertz CT molecular complexity index is 1570. The maximum absolute atomic E-state index is 13.7. The molecule has 0 atom stereocenters. The molecule has 0 unspecified atom stereocenters. The van der Waals surface area contributed by atoms with E-state index in [1.807, 2.05) is 38.1 Å². The molecule has 11 heteroatoms. The van der Waals surface area contributed by atoms with Crippen molar-refractivity contribution < 1.29 is 13.5 Å². The molecule has 9 nitrogen and oxygen atoms in total. The molecule has 0 aromatic carbocycles. The molecule has 5 rings (SSSR count). The molecule has 0 amide bonds. The Balaban J connectivity index is 1.55. The van der Waals surface area contributed by atoms with Crippen LogP contribution in [0.5, 0.6) is 11.6 Å². The summed E-state index contributed by atoms with van der Waals surface area (Å²) >= 11 is 0. The second-order valence-corrected chi connectivity index (χ2v) is 7.68. The lowest BCUT2D eigenvalue weighted by molar-refractivity contribution is 0.142. The molecule has 5 heterocycles. The highest BCUT2D eigenvalue weighted by atomic mass is 19.3. The van der Waals surface area contributed by atoms with Crippen molar-refractivity contribution in [3.05, 3.63) is 77.5 Å². The average Bonchev–Trinajstić information content (AvgIpc) is 3.49. The number of nitriles is 1. The highest BCUT2D eigenvalue weighted by Crippen LogP contribution is 2.30. The van der Waals surface area contributed by atoms with Crippen molar-refractivity contribution in [3.8, 4) is 34.8 Å². The number of aryl methyl sites for hydroxylation is 2. The Morgan fingerprint density at radius 2 is 1.97 bits per heavy atom. The predicted molar refractivity (Wildman–Crippen MR) is 121 cm³/mol. The summed E-state index contributed by atoms with van der Waals surface area (Å²) in [7, 11) is 0. The maximum Gasteiger partial charge on any atom is 0.280 e. The summed E-state index contributed by atoms with van der Waals surface area (Å²) < 4.78 is 35.8. The number of ether oxygens (including phenoxy) is 1. The zero-order valence-corrected chi connectivity index (χ0v) is 18.7. The summed E-state index contributed by atoms with van der Waals surface area (Å²) in [6.07, 6.45) is 1.07. The second kappa shape index (κ2) is 8.90. The van der Waals surface area contributed by atoms with E-state index < -0.39 is 6.43 Å². The van der Waals surface area contributed by atoms with Crippen LogP contribution in [0.15, 0.2) is 54.9 Å². The largest absolute Gasteiger partial charge is 0.436 e. The van der Waals surface area contributed by atoms with Crippen LogP contribution in [0.25, 0.3) is 22.6 Å². The van der Waals surface area contributed by atoms with Crippen molar-refractivity contribution in [1.29, 1.82) is 5.26 Å². The number of pyridine rings is 2. The van der Waals surface area contributed by atoms with Gasteiger partial charge in [0.2, 0.25) is 5.88 Å². The monoisotopic (exact) mass is 472 g/mol. The number of nitrogens with zero attached hydrogens (tertiary/aromatic N) is 8. The fourth-order valence-corrected chi connectivity index (χ4v) is 3.65. The van der Waals surface area contributed by atoms with Crippen molar-refractivity contribution in [2.75, 3.05) is 0 Å². The Kier molecular flexibility index (Phi) is 5.62. The molecule has 5 aromatic rings. The first-order valence-corrected chi connectivity index (χ1v) is 10.7. The quantitative estimate of drug-likeness (QED) is 0.348. The molecular formula is C24H18F2N8O. The van der Waals surface area contributed by atoms with Gasteiger partial charge in [-0.15, -0.1) is 5.10 Å². The summed E-state index contributed by atoms with van der Waals surface area (Å²) in [5, 5.41) is 25.6. The van der Waals surface area contributed by atoms with Gasteiger partial charge < -0.3 is 4.74 Å².